The Hall–Kier alpha value is -3.06. The summed E-state index contributed by atoms with van der Waals surface area (Å²) in [6, 6.07) is 12.4. The lowest BCUT2D eigenvalue weighted by atomic mass is 9.98. The molecule has 1 aromatic heterocycles. The van der Waals surface area contributed by atoms with Crippen LogP contribution in [0, 0.1) is 0 Å². The van der Waals surface area contributed by atoms with Gasteiger partial charge in [0.1, 0.15) is 11.5 Å². The maximum Gasteiger partial charge on any atom is 0.257 e. The van der Waals surface area contributed by atoms with E-state index in [-0.39, 0.29) is 11.8 Å². The third-order valence-corrected chi connectivity index (χ3v) is 4.92. The van der Waals surface area contributed by atoms with Crippen LogP contribution in [0.5, 0.6) is 11.5 Å². The summed E-state index contributed by atoms with van der Waals surface area (Å²) in [5.74, 6) is 2.02. The molecule has 3 aromatic rings. The Kier molecular flexibility index (Phi) is 4.92. The van der Waals surface area contributed by atoms with Crippen LogP contribution in [0.25, 0.3) is 11.4 Å². The second-order valence-electron chi connectivity index (χ2n) is 6.44. The van der Waals surface area contributed by atoms with Gasteiger partial charge in [-0.1, -0.05) is 28.9 Å². The molecule has 0 saturated carbocycles. The molecule has 1 saturated heterocycles. The Bertz CT molecular complexity index is 1010. The average molecular weight is 400 g/mol. The van der Waals surface area contributed by atoms with E-state index in [4.69, 9.17) is 25.6 Å². The highest BCUT2D eigenvalue weighted by molar-refractivity contribution is 6.30. The van der Waals surface area contributed by atoms with Crippen LogP contribution in [0.3, 0.4) is 0 Å². The van der Waals surface area contributed by atoms with Gasteiger partial charge in [0.25, 0.3) is 5.91 Å². The van der Waals surface area contributed by atoms with Crippen molar-refractivity contribution in [2.24, 2.45) is 0 Å². The van der Waals surface area contributed by atoms with E-state index in [0.29, 0.717) is 46.9 Å². The van der Waals surface area contributed by atoms with Crippen LogP contribution >= 0.6 is 11.6 Å². The molecule has 28 heavy (non-hydrogen) atoms. The molecule has 1 fully saturated rings. The van der Waals surface area contributed by atoms with Crippen molar-refractivity contribution in [3.8, 4) is 22.9 Å². The number of likely N-dealkylation sites (tertiary alicyclic amines) is 1. The van der Waals surface area contributed by atoms with Gasteiger partial charge in [0.15, 0.2) is 0 Å². The van der Waals surface area contributed by atoms with Crippen molar-refractivity contribution >= 4 is 17.5 Å². The minimum Gasteiger partial charge on any atom is -0.497 e. The average Bonchev–Trinajstić information content (AvgIpc) is 3.16. The minimum atomic E-state index is -0.106. The third-order valence-electron chi connectivity index (χ3n) is 4.68. The number of hydrogen-bond acceptors (Lipinski definition) is 6. The highest BCUT2D eigenvalue weighted by Gasteiger charge is 2.37. The lowest BCUT2D eigenvalue weighted by Gasteiger charge is -2.37. The highest BCUT2D eigenvalue weighted by atomic mass is 35.5. The van der Waals surface area contributed by atoms with Crippen molar-refractivity contribution in [1.29, 1.82) is 0 Å². The van der Waals surface area contributed by atoms with Crippen LogP contribution < -0.4 is 9.47 Å². The predicted molar refractivity (Wildman–Crippen MR) is 103 cm³/mol. The number of carbonyl (C=O) groups is 1. The largest absolute Gasteiger partial charge is 0.497 e. The Balaban J connectivity index is 1.44. The molecule has 2 heterocycles. The number of benzene rings is 2. The standard InChI is InChI=1S/C20H18ClN3O4/c1-26-15-6-7-16(17(9-15)27-2)20(25)24-10-13(11-24)19-22-18(23-28-19)12-4-3-5-14(21)8-12/h3-9,13H,10-11H2,1-2H3. The third kappa shape index (κ3) is 3.41. The second-order valence-corrected chi connectivity index (χ2v) is 6.88. The molecule has 8 heteroatoms. The van der Waals surface area contributed by atoms with Crippen molar-refractivity contribution in [2.45, 2.75) is 5.92 Å². The van der Waals surface area contributed by atoms with Gasteiger partial charge in [-0.15, -0.1) is 0 Å². The van der Waals surface area contributed by atoms with Crippen LogP contribution in [0.1, 0.15) is 22.2 Å². The van der Waals surface area contributed by atoms with Crippen LogP contribution in [0.4, 0.5) is 0 Å². The quantitative estimate of drug-likeness (QED) is 0.651. The summed E-state index contributed by atoms with van der Waals surface area (Å²) in [6.07, 6.45) is 0. The molecule has 7 nitrogen and oxygen atoms in total. The number of hydrogen-bond donors (Lipinski definition) is 0. The number of amides is 1. The van der Waals surface area contributed by atoms with E-state index >= 15 is 0 Å². The van der Waals surface area contributed by atoms with Gasteiger partial charge in [-0.05, 0) is 24.3 Å². The maximum atomic E-state index is 12.8. The number of ether oxygens (including phenoxy) is 2. The lowest BCUT2D eigenvalue weighted by Crippen LogP contribution is -2.48. The fraction of sp³-hybridized carbons (Fsp3) is 0.250. The minimum absolute atomic E-state index is 0.00799. The molecule has 0 spiro atoms. The molecule has 144 valence electrons. The number of nitrogens with zero attached hydrogens (tertiary/aromatic N) is 3. The van der Waals surface area contributed by atoms with Gasteiger partial charge in [0.2, 0.25) is 11.7 Å². The first-order valence-electron chi connectivity index (χ1n) is 8.70. The van der Waals surface area contributed by atoms with Crippen LogP contribution in [0.15, 0.2) is 47.0 Å². The van der Waals surface area contributed by atoms with E-state index in [1.807, 2.05) is 12.1 Å². The monoisotopic (exact) mass is 399 g/mol. The summed E-state index contributed by atoms with van der Waals surface area (Å²) in [4.78, 5) is 18.9. The van der Waals surface area contributed by atoms with Crippen LogP contribution in [-0.4, -0.2) is 48.3 Å². The molecule has 0 unspecified atom stereocenters. The first-order chi connectivity index (χ1) is 13.6. The van der Waals surface area contributed by atoms with Gasteiger partial charge in [0.05, 0.1) is 25.7 Å². The van der Waals surface area contributed by atoms with E-state index in [9.17, 15) is 4.79 Å². The molecule has 1 aliphatic heterocycles. The van der Waals surface area contributed by atoms with Gasteiger partial charge < -0.3 is 18.9 Å². The van der Waals surface area contributed by atoms with Crippen molar-refractivity contribution in [3.63, 3.8) is 0 Å². The first kappa shape index (κ1) is 18.3. The number of methoxy groups -OCH3 is 2. The van der Waals surface area contributed by atoms with Crippen LogP contribution in [-0.2, 0) is 0 Å². The highest BCUT2D eigenvalue weighted by Crippen LogP contribution is 2.32. The Morgan fingerprint density at radius 1 is 1.18 bits per heavy atom. The summed E-state index contributed by atoms with van der Waals surface area (Å²) < 4.78 is 15.9. The summed E-state index contributed by atoms with van der Waals surface area (Å²) in [7, 11) is 3.10. The van der Waals surface area contributed by atoms with Crippen LogP contribution in [0.2, 0.25) is 5.02 Å². The fourth-order valence-electron chi connectivity index (χ4n) is 3.09. The maximum absolute atomic E-state index is 12.8. The fourth-order valence-corrected chi connectivity index (χ4v) is 3.28. The molecule has 4 rings (SSSR count). The molecule has 1 aliphatic rings. The van der Waals surface area contributed by atoms with Gasteiger partial charge >= 0.3 is 0 Å². The Labute approximate surface area is 166 Å². The summed E-state index contributed by atoms with van der Waals surface area (Å²) >= 11 is 6.01. The zero-order chi connectivity index (χ0) is 19.7. The molecule has 0 N–H and O–H groups in total. The molecule has 0 bridgehead atoms. The Morgan fingerprint density at radius 2 is 2.00 bits per heavy atom. The Morgan fingerprint density at radius 3 is 2.71 bits per heavy atom. The number of rotatable bonds is 5. The van der Waals surface area contributed by atoms with Crippen molar-refractivity contribution < 1.29 is 18.8 Å². The summed E-state index contributed by atoms with van der Waals surface area (Å²) in [5.41, 5.74) is 1.28. The SMILES string of the molecule is COc1ccc(C(=O)N2CC(c3nc(-c4cccc(Cl)c4)no3)C2)c(OC)c1. The number of carbonyl (C=O) groups excluding carboxylic acids is 1. The van der Waals surface area contributed by atoms with Gasteiger partial charge in [-0.25, -0.2) is 0 Å². The molecule has 1 amide bonds. The molecule has 0 radical (unpaired) electrons. The number of aromatic nitrogens is 2. The van der Waals surface area contributed by atoms with E-state index < -0.39 is 0 Å². The smallest absolute Gasteiger partial charge is 0.257 e. The van der Waals surface area contributed by atoms with Gasteiger partial charge in [-0.2, -0.15) is 4.98 Å². The van der Waals surface area contributed by atoms with E-state index in [2.05, 4.69) is 10.1 Å². The molecule has 0 aliphatic carbocycles. The van der Waals surface area contributed by atoms with Crippen molar-refractivity contribution in [3.05, 3.63) is 58.9 Å². The van der Waals surface area contributed by atoms with E-state index in [1.54, 1.807) is 42.3 Å². The molecular formula is C20H18ClN3O4. The second kappa shape index (κ2) is 7.52. The normalized spacial score (nSPS) is 13.9. The first-order valence-corrected chi connectivity index (χ1v) is 9.07. The van der Waals surface area contributed by atoms with E-state index in [0.717, 1.165) is 5.56 Å². The van der Waals surface area contributed by atoms with Crippen molar-refractivity contribution in [2.75, 3.05) is 27.3 Å². The van der Waals surface area contributed by atoms with Gasteiger partial charge in [0, 0.05) is 29.7 Å². The zero-order valence-corrected chi connectivity index (χ0v) is 16.1. The topological polar surface area (TPSA) is 77.7 Å². The summed E-state index contributed by atoms with van der Waals surface area (Å²) in [5, 5.41) is 4.63. The molecule has 2 aromatic carbocycles. The molecule has 0 atom stereocenters. The molecular weight excluding hydrogens is 382 g/mol. The predicted octanol–water partition coefficient (Wildman–Crippen LogP) is 3.65. The van der Waals surface area contributed by atoms with E-state index in [1.165, 1.54) is 7.11 Å². The van der Waals surface area contributed by atoms with Crippen molar-refractivity contribution in [1.82, 2.24) is 15.0 Å². The number of halogens is 1. The van der Waals surface area contributed by atoms with Gasteiger partial charge in [-0.3, -0.25) is 4.79 Å². The zero-order valence-electron chi connectivity index (χ0n) is 15.4. The lowest BCUT2D eigenvalue weighted by molar-refractivity contribution is 0.0566. The summed E-state index contributed by atoms with van der Waals surface area (Å²) in [6.45, 7) is 1.01.